The van der Waals surface area contributed by atoms with Crippen LogP contribution in [-0.2, 0) is 14.3 Å². The Kier molecular flexibility index (Phi) is 4.65. The van der Waals surface area contributed by atoms with E-state index in [1.165, 1.54) is 0 Å². The van der Waals surface area contributed by atoms with Crippen LogP contribution in [-0.4, -0.2) is 56.1 Å². The second-order valence-corrected chi connectivity index (χ2v) is 6.12. The number of ether oxygens (including phenoxy) is 1. The van der Waals surface area contributed by atoms with Crippen LogP contribution in [0.3, 0.4) is 0 Å². The molecule has 6 heteroatoms. The number of rotatable bonds is 5. The Morgan fingerprint density at radius 3 is 2.55 bits per heavy atom. The van der Waals surface area contributed by atoms with Gasteiger partial charge in [0, 0.05) is 20.2 Å². The molecule has 2 aliphatic rings. The number of likely N-dealkylation sites (N-methyl/N-ethyl adjacent to an activating group) is 1. The van der Waals surface area contributed by atoms with Gasteiger partial charge in [0.2, 0.25) is 11.8 Å². The molecule has 2 atom stereocenters. The number of carbonyl (C=O) groups excluding carboxylic acids is 2. The third-order valence-electron chi connectivity index (χ3n) is 4.83. The van der Waals surface area contributed by atoms with Gasteiger partial charge in [-0.05, 0) is 26.3 Å². The predicted molar refractivity (Wildman–Crippen MR) is 74.9 cm³/mol. The van der Waals surface area contributed by atoms with Crippen molar-refractivity contribution in [2.75, 3.05) is 27.2 Å². The van der Waals surface area contributed by atoms with Crippen LogP contribution < -0.4 is 11.1 Å². The van der Waals surface area contributed by atoms with Crippen LogP contribution in [0.4, 0.5) is 0 Å². The summed E-state index contributed by atoms with van der Waals surface area (Å²) in [5.41, 5.74) is 4.99. The zero-order valence-electron chi connectivity index (χ0n) is 12.4. The lowest BCUT2D eigenvalue weighted by Gasteiger charge is -2.27. The second-order valence-electron chi connectivity index (χ2n) is 6.12. The Morgan fingerprint density at radius 1 is 1.40 bits per heavy atom. The SMILES string of the molecule is CO[C@H]1C[C@@H](C(=O)NCC2(C(N)=O)CCCC2)N(C)C1. The predicted octanol–water partition coefficient (Wildman–Crippen LogP) is -0.133. The van der Waals surface area contributed by atoms with Gasteiger partial charge in [0.25, 0.3) is 0 Å². The number of nitrogens with zero attached hydrogens (tertiary/aromatic N) is 1. The van der Waals surface area contributed by atoms with Crippen molar-refractivity contribution in [3.05, 3.63) is 0 Å². The van der Waals surface area contributed by atoms with Crippen LogP contribution >= 0.6 is 0 Å². The average Bonchev–Trinajstić information content (AvgIpc) is 3.03. The zero-order valence-corrected chi connectivity index (χ0v) is 12.4. The first-order chi connectivity index (χ1) is 9.48. The summed E-state index contributed by atoms with van der Waals surface area (Å²) in [4.78, 5) is 25.9. The molecule has 0 bridgehead atoms. The van der Waals surface area contributed by atoms with E-state index in [0.717, 1.165) is 32.2 Å². The maximum Gasteiger partial charge on any atom is 0.237 e. The summed E-state index contributed by atoms with van der Waals surface area (Å²) in [5.74, 6) is -0.315. The smallest absolute Gasteiger partial charge is 0.237 e. The van der Waals surface area contributed by atoms with Crippen molar-refractivity contribution in [3.8, 4) is 0 Å². The number of nitrogens with one attached hydrogen (secondary N) is 1. The number of amides is 2. The highest BCUT2D eigenvalue weighted by Gasteiger charge is 2.41. The molecule has 0 aromatic carbocycles. The van der Waals surface area contributed by atoms with E-state index < -0.39 is 5.41 Å². The van der Waals surface area contributed by atoms with Crippen LogP contribution in [0.15, 0.2) is 0 Å². The quantitative estimate of drug-likeness (QED) is 0.736. The first-order valence-corrected chi connectivity index (χ1v) is 7.29. The lowest BCUT2D eigenvalue weighted by Crippen LogP contribution is -2.49. The van der Waals surface area contributed by atoms with Gasteiger partial charge < -0.3 is 15.8 Å². The summed E-state index contributed by atoms with van der Waals surface area (Å²) >= 11 is 0. The third kappa shape index (κ3) is 2.96. The van der Waals surface area contributed by atoms with Crippen molar-refractivity contribution in [2.24, 2.45) is 11.1 Å². The average molecular weight is 283 g/mol. The number of hydrogen-bond acceptors (Lipinski definition) is 4. The van der Waals surface area contributed by atoms with Crippen molar-refractivity contribution in [1.29, 1.82) is 0 Å². The molecule has 2 fully saturated rings. The highest BCUT2D eigenvalue weighted by Crippen LogP contribution is 2.37. The summed E-state index contributed by atoms with van der Waals surface area (Å²) in [7, 11) is 3.59. The van der Waals surface area contributed by atoms with Gasteiger partial charge in [-0.1, -0.05) is 12.8 Å². The summed E-state index contributed by atoms with van der Waals surface area (Å²) in [6, 6.07) is -0.175. The molecule has 1 aliphatic heterocycles. The largest absolute Gasteiger partial charge is 0.380 e. The minimum absolute atomic E-state index is 0.0282. The lowest BCUT2D eigenvalue weighted by molar-refractivity contribution is -0.129. The van der Waals surface area contributed by atoms with Gasteiger partial charge in [0.15, 0.2) is 0 Å². The maximum atomic E-state index is 12.3. The van der Waals surface area contributed by atoms with Gasteiger partial charge in [0.1, 0.15) is 0 Å². The van der Waals surface area contributed by atoms with E-state index in [0.29, 0.717) is 13.0 Å². The summed E-state index contributed by atoms with van der Waals surface area (Å²) < 4.78 is 5.30. The molecule has 0 unspecified atom stereocenters. The zero-order chi connectivity index (χ0) is 14.8. The molecule has 6 nitrogen and oxygen atoms in total. The summed E-state index contributed by atoms with van der Waals surface area (Å²) in [6.45, 7) is 1.12. The molecule has 1 heterocycles. The van der Waals surface area contributed by atoms with Crippen LogP contribution in [0.5, 0.6) is 0 Å². The van der Waals surface area contributed by atoms with E-state index in [-0.39, 0.29) is 24.0 Å². The van der Waals surface area contributed by atoms with Crippen LogP contribution in [0.1, 0.15) is 32.1 Å². The minimum atomic E-state index is -0.534. The van der Waals surface area contributed by atoms with E-state index in [4.69, 9.17) is 10.5 Å². The summed E-state index contributed by atoms with van der Waals surface area (Å²) in [5, 5.41) is 2.93. The van der Waals surface area contributed by atoms with Crippen LogP contribution in [0, 0.1) is 5.41 Å². The third-order valence-corrected chi connectivity index (χ3v) is 4.83. The van der Waals surface area contributed by atoms with Gasteiger partial charge in [-0.3, -0.25) is 14.5 Å². The van der Waals surface area contributed by atoms with E-state index in [2.05, 4.69) is 5.32 Å². The highest BCUT2D eigenvalue weighted by atomic mass is 16.5. The molecule has 20 heavy (non-hydrogen) atoms. The fraction of sp³-hybridized carbons (Fsp3) is 0.857. The van der Waals surface area contributed by atoms with Crippen LogP contribution in [0.25, 0.3) is 0 Å². The Hall–Kier alpha value is -1.14. The number of carbonyl (C=O) groups is 2. The molecule has 1 saturated carbocycles. The first-order valence-electron chi connectivity index (χ1n) is 7.29. The van der Waals surface area contributed by atoms with Gasteiger partial charge in [0.05, 0.1) is 17.6 Å². The Balaban J connectivity index is 1.90. The van der Waals surface area contributed by atoms with Crippen molar-refractivity contribution in [2.45, 2.75) is 44.2 Å². The molecule has 0 aromatic rings. The van der Waals surface area contributed by atoms with Crippen LogP contribution in [0.2, 0.25) is 0 Å². The van der Waals surface area contributed by atoms with Gasteiger partial charge in [-0.15, -0.1) is 0 Å². The van der Waals surface area contributed by atoms with E-state index >= 15 is 0 Å². The molecule has 0 spiro atoms. The van der Waals surface area contributed by atoms with E-state index in [1.807, 2.05) is 11.9 Å². The molecule has 1 aliphatic carbocycles. The topological polar surface area (TPSA) is 84.7 Å². The number of likely N-dealkylation sites (tertiary alicyclic amines) is 1. The molecule has 3 N–H and O–H groups in total. The van der Waals surface area contributed by atoms with E-state index in [9.17, 15) is 9.59 Å². The Labute approximate surface area is 120 Å². The second kappa shape index (κ2) is 6.10. The van der Waals surface area contributed by atoms with Gasteiger partial charge in [-0.2, -0.15) is 0 Å². The molecule has 0 radical (unpaired) electrons. The fourth-order valence-corrected chi connectivity index (χ4v) is 3.37. The lowest BCUT2D eigenvalue weighted by atomic mass is 9.85. The molecule has 2 rings (SSSR count). The first kappa shape index (κ1) is 15.3. The van der Waals surface area contributed by atoms with Crippen molar-refractivity contribution >= 4 is 11.8 Å². The Bertz CT molecular complexity index is 380. The number of primary amides is 1. The highest BCUT2D eigenvalue weighted by molar-refractivity contribution is 5.85. The van der Waals surface area contributed by atoms with Crippen molar-refractivity contribution in [1.82, 2.24) is 10.2 Å². The number of nitrogens with two attached hydrogens (primary N) is 1. The van der Waals surface area contributed by atoms with Gasteiger partial charge >= 0.3 is 0 Å². The monoisotopic (exact) mass is 283 g/mol. The maximum absolute atomic E-state index is 12.3. The number of hydrogen-bond donors (Lipinski definition) is 2. The minimum Gasteiger partial charge on any atom is -0.380 e. The standard InChI is InChI=1S/C14H25N3O3/c1-17-8-10(20-2)7-11(17)12(18)16-9-14(13(15)19)5-3-4-6-14/h10-11H,3-9H2,1-2H3,(H2,15,19)(H,16,18)/t10-,11-/m0/s1. The Morgan fingerprint density at radius 2 is 2.05 bits per heavy atom. The molecule has 1 saturated heterocycles. The molecular formula is C14H25N3O3. The van der Waals surface area contributed by atoms with Crippen molar-refractivity contribution in [3.63, 3.8) is 0 Å². The molecule has 0 aromatic heterocycles. The molecule has 114 valence electrons. The molecule has 2 amide bonds. The normalized spacial score (nSPS) is 29.5. The molecular weight excluding hydrogens is 258 g/mol. The van der Waals surface area contributed by atoms with Gasteiger partial charge in [-0.25, -0.2) is 0 Å². The van der Waals surface area contributed by atoms with Crippen molar-refractivity contribution < 1.29 is 14.3 Å². The summed E-state index contributed by atoms with van der Waals surface area (Å²) in [6.07, 6.45) is 4.38. The number of methoxy groups -OCH3 is 1. The van der Waals surface area contributed by atoms with E-state index in [1.54, 1.807) is 7.11 Å². The fourth-order valence-electron chi connectivity index (χ4n) is 3.37.